The van der Waals surface area contributed by atoms with Crippen LogP contribution in [0.25, 0.3) is 0 Å². The van der Waals surface area contributed by atoms with Crippen molar-refractivity contribution in [3.8, 4) is 0 Å². The molecule has 2 aliphatic rings. The van der Waals surface area contributed by atoms with Crippen LogP contribution in [-0.2, 0) is 25.5 Å². The predicted octanol–water partition coefficient (Wildman–Crippen LogP) is 2.83. The van der Waals surface area contributed by atoms with Crippen molar-refractivity contribution in [2.24, 2.45) is 4.99 Å². The van der Waals surface area contributed by atoms with Crippen LogP contribution in [0.4, 0.5) is 23.7 Å². The Morgan fingerprint density at radius 1 is 1.22 bits per heavy atom. The van der Waals surface area contributed by atoms with E-state index in [0.29, 0.717) is 0 Å². The second kappa shape index (κ2) is 8.58. The fourth-order valence-corrected chi connectivity index (χ4v) is 7.30. The SMILES string of the molecule is CC(C)(C)OC(=O)NCC(=O)N=C1S[C@@H]2CS(=O)(=O)C[C@@H]2N1c1ccccc1C(F)(F)F. The highest BCUT2D eigenvalue weighted by Crippen LogP contribution is 2.45. The van der Waals surface area contributed by atoms with E-state index in [1.807, 2.05) is 0 Å². The van der Waals surface area contributed by atoms with Gasteiger partial charge in [0.05, 0.1) is 28.8 Å². The molecule has 13 heteroatoms. The van der Waals surface area contributed by atoms with Gasteiger partial charge in [0.25, 0.3) is 5.91 Å². The first kappa shape index (κ1) is 24.4. The van der Waals surface area contributed by atoms with Gasteiger partial charge in [-0.1, -0.05) is 23.9 Å². The van der Waals surface area contributed by atoms with E-state index in [4.69, 9.17) is 4.74 Å². The predicted molar refractivity (Wildman–Crippen MR) is 114 cm³/mol. The molecule has 176 valence electrons. The number of hydrogen-bond acceptors (Lipinski definition) is 6. The van der Waals surface area contributed by atoms with Crippen LogP contribution in [0, 0.1) is 0 Å². The van der Waals surface area contributed by atoms with Crippen molar-refractivity contribution in [3.05, 3.63) is 29.8 Å². The number of rotatable bonds is 3. The van der Waals surface area contributed by atoms with Crippen LogP contribution in [0.3, 0.4) is 0 Å². The summed E-state index contributed by atoms with van der Waals surface area (Å²) in [7, 11) is -3.44. The number of benzene rings is 1. The number of thioether (sulfide) groups is 1. The van der Waals surface area contributed by atoms with Crippen LogP contribution in [0.5, 0.6) is 0 Å². The van der Waals surface area contributed by atoms with E-state index < -0.39 is 57.0 Å². The summed E-state index contributed by atoms with van der Waals surface area (Å²) in [6.45, 7) is 4.41. The van der Waals surface area contributed by atoms with Gasteiger partial charge in [-0.25, -0.2) is 13.2 Å². The van der Waals surface area contributed by atoms with Gasteiger partial charge in [-0.2, -0.15) is 18.2 Å². The molecule has 2 atom stereocenters. The van der Waals surface area contributed by atoms with E-state index in [9.17, 15) is 31.2 Å². The smallest absolute Gasteiger partial charge is 0.418 e. The van der Waals surface area contributed by atoms with Crippen LogP contribution >= 0.6 is 11.8 Å². The van der Waals surface area contributed by atoms with Gasteiger partial charge in [-0.15, -0.1) is 0 Å². The first-order valence-corrected chi connectivity index (χ1v) is 12.3. The zero-order chi connectivity index (χ0) is 23.9. The molecule has 8 nitrogen and oxygen atoms in total. The van der Waals surface area contributed by atoms with Crippen molar-refractivity contribution in [1.82, 2.24) is 5.32 Å². The number of amidine groups is 1. The van der Waals surface area contributed by atoms with E-state index in [1.165, 1.54) is 23.1 Å². The first-order chi connectivity index (χ1) is 14.7. The van der Waals surface area contributed by atoms with Gasteiger partial charge in [0.15, 0.2) is 15.0 Å². The van der Waals surface area contributed by atoms with Gasteiger partial charge in [0, 0.05) is 5.25 Å². The number of nitrogens with one attached hydrogen (secondary N) is 1. The Kier molecular flexibility index (Phi) is 6.53. The number of halogens is 3. The van der Waals surface area contributed by atoms with Gasteiger partial charge in [0.1, 0.15) is 12.1 Å². The molecule has 1 aromatic rings. The third kappa shape index (κ3) is 5.74. The number of para-hydroxylation sites is 1. The number of alkyl carbamates (subject to hydrolysis) is 1. The summed E-state index contributed by atoms with van der Waals surface area (Å²) < 4.78 is 70.0. The largest absolute Gasteiger partial charge is 0.444 e. The van der Waals surface area contributed by atoms with Crippen LogP contribution in [0.15, 0.2) is 29.3 Å². The van der Waals surface area contributed by atoms with Crippen LogP contribution in [-0.4, -0.2) is 60.5 Å². The number of alkyl halides is 3. The summed E-state index contributed by atoms with van der Waals surface area (Å²) in [4.78, 5) is 29.1. The summed E-state index contributed by atoms with van der Waals surface area (Å²) in [6, 6.07) is 3.94. The van der Waals surface area contributed by atoms with E-state index in [2.05, 4.69) is 10.3 Å². The highest BCUT2D eigenvalue weighted by Gasteiger charge is 2.51. The molecule has 2 aliphatic heterocycles. The lowest BCUT2D eigenvalue weighted by atomic mass is 10.1. The number of anilines is 1. The molecule has 1 aromatic carbocycles. The van der Waals surface area contributed by atoms with Gasteiger partial charge >= 0.3 is 12.3 Å². The third-order valence-corrected chi connectivity index (χ3v) is 7.75. The van der Waals surface area contributed by atoms with E-state index in [1.54, 1.807) is 20.8 Å². The summed E-state index contributed by atoms with van der Waals surface area (Å²) >= 11 is 0.943. The van der Waals surface area contributed by atoms with Crippen LogP contribution in [0.1, 0.15) is 26.3 Å². The average Bonchev–Trinajstić information content (AvgIpc) is 3.08. The average molecular weight is 494 g/mol. The Balaban J connectivity index is 1.89. The Hall–Kier alpha value is -2.28. The van der Waals surface area contributed by atoms with Crippen molar-refractivity contribution >= 4 is 44.5 Å². The molecule has 1 N–H and O–H groups in total. The van der Waals surface area contributed by atoms with Gasteiger partial charge in [0.2, 0.25) is 0 Å². The van der Waals surface area contributed by atoms with E-state index in [-0.39, 0.29) is 22.4 Å². The lowest BCUT2D eigenvalue weighted by molar-refractivity contribution is -0.137. The van der Waals surface area contributed by atoms with Crippen LogP contribution in [0.2, 0.25) is 0 Å². The zero-order valence-electron chi connectivity index (χ0n) is 17.5. The number of ether oxygens (including phenoxy) is 1. The van der Waals surface area contributed by atoms with Crippen molar-refractivity contribution in [2.75, 3.05) is 23.0 Å². The summed E-state index contributed by atoms with van der Waals surface area (Å²) in [5, 5.41) is 1.64. The fraction of sp³-hybridized carbons (Fsp3) is 0.526. The maximum Gasteiger partial charge on any atom is 0.418 e. The Bertz CT molecular complexity index is 1050. The van der Waals surface area contributed by atoms with Crippen molar-refractivity contribution in [3.63, 3.8) is 0 Å². The minimum absolute atomic E-state index is 0.0393. The normalized spacial score (nSPS) is 23.8. The van der Waals surface area contributed by atoms with Gasteiger partial charge in [-0.3, -0.25) is 4.79 Å². The van der Waals surface area contributed by atoms with Gasteiger partial charge in [-0.05, 0) is 32.9 Å². The summed E-state index contributed by atoms with van der Waals surface area (Å²) in [6.07, 6.45) is -5.53. The number of fused-ring (bicyclic) bond motifs is 1. The Labute approximate surface area is 187 Å². The molecule has 0 radical (unpaired) electrons. The van der Waals surface area contributed by atoms with Crippen molar-refractivity contribution < 1.29 is 35.9 Å². The molecule has 3 rings (SSSR count). The lowest BCUT2D eigenvalue weighted by Crippen LogP contribution is -2.39. The third-order valence-electron chi connectivity index (χ3n) is 4.54. The number of carbonyl (C=O) groups excluding carboxylic acids is 2. The Morgan fingerprint density at radius 3 is 2.50 bits per heavy atom. The second-order valence-electron chi connectivity index (χ2n) is 8.33. The fourth-order valence-electron chi connectivity index (χ4n) is 3.38. The minimum atomic E-state index is -4.69. The molecule has 32 heavy (non-hydrogen) atoms. The molecule has 2 heterocycles. The molecular weight excluding hydrogens is 471 g/mol. The molecule has 2 amide bonds. The van der Waals surface area contributed by atoms with E-state index >= 15 is 0 Å². The zero-order valence-corrected chi connectivity index (χ0v) is 19.1. The van der Waals surface area contributed by atoms with Crippen LogP contribution < -0.4 is 10.2 Å². The molecule has 0 spiro atoms. The second-order valence-corrected chi connectivity index (χ2v) is 11.7. The molecule has 0 aliphatic carbocycles. The molecule has 0 bridgehead atoms. The molecule has 0 unspecified atom stereocenters. The number of hydrogen-bond donors (Lipinski definition) is 1. The standard InChI is InChI=1S/C19H22F3N3O5S2/c1-18(2,3)30-17(27)23-8-15(26)24-16-25(13-9-32(28,29)10-14(13)31-16)12-7-5-4-6-11(12)19(20,21)22/h4-7,13-14H,8-10H2,1-3H3,(H,23,27)/t13-,14+/m0/s1. The highest BCUT2D eigenvalue weighted by molar-refractivity contribution is 8.16. The number of aliphatic imine (C=N–C) groups is 1. The first-order valence-electron chi connectivity index (χ1n) is 9.57. The van der Waals surface area contributed by atoms with Crippen molar-refractivity contribution in [1.29, 1.82) is 0 Å². The molecule has 0 saturated carbocycles. The summed E-state index contributed by atoms with van der Waals surface area (Å²) in [5.41, 5.74) is -2.01. The topological polar surface area (TPSA) is 105 Å². The molecule has 2 saturated heterocycles. The molecule has 0 aromatic heterocycles. The number of amides is 2. The maximum absolute atomic E-state index is 13.6. The van der Waals surface area contributed by atoms with Gasteiger partial charge < -0.3 is 15.0 Å². The quantitative estimate of drug-likeness (QED) is 0.690. The highest BCUT2D eigenvalue weighted by atomic mass is 32.2. The summed E-state index contributed by atoms with van der Waals surface area (Å²) in [5.74, 6) is -1.38. The molecule has 2 fully saturated rings. The Morgan fingerprint density at radius 2 is 1.88 bits per heavy atom. The lowest BCUT2D eigenvalue weighted by Gasteiger charge is -2.27. The van der Waals surface area contributed by atoms with Crippen molar-refractivity contribution in [2.45, 2.75) is 43.8 Å². The molecular formula is C19H22F3N3O5S2. The minimum Gasteiger partial charge on any atom is -0.444 e. The number of sulfone groups is 1. The maximum atomic E-state index is 13.6. The monoisotopic (exact) mass is 493 g/mol. The number of nitrogens with zero attached hydrogens (tertiary/aromatic N) is 2. The number of carbonyl (C=O) groups is 2. The van der Waals surface area contributed by atoms with E-state index in [0.717, 1.165) is 17.8 Å².